The predicted molar refractivity (Wildman–Crippen MR) is 122 cm³/mol. The molecule has 0 spiro atoms. The lowest BCUT2D eigenvalue weighted by Crippen LogP contribution is -2.45. The molecule has 4 nitrogen and oxygen atoms in total. The molecule has 7 heteroatoms. The van der Waals surface area contributed by atoms with E-state index in [1.54, 1.807) is 12.1 Å². The summed E-state index contributed by atoms with van der Waals surface area (Å²) in [4.78, 5) is 15.1. The summed E-state index contributed by atoms with van der Waals surface area (Å²) in [6.45, 7) is 1.42. The zero-order valence-corrected chi connectivity index (χ0v) is 18.7. The van der Waals surface area contributed by atoms with Crippen molar-refractivity contribution in [1.29, 1.82) is 0 Å². The van der Waals surface area contributed by atoms with Gasteiger partial charge in [-0.05, 0) is 74.3 Å². The highest BCUT2D eigenvalue weighted by molar-refractivity contribution is 5.79. The Morgan fingerprint density at radius 3 is 2.33 bits per heavy atom. The second kappa shape index (κ2) is 10.5. The number of halogens is 3. The average Bonchev–Trinajstić information content (AvgIpc) is 3.25. The molecule has 1 aliphatic heterocycles. The van der Waals surface area contributed by atoms with Crippen LogP contribution in [-0.4, -0.2) is 31.4 Å². The van der Waals surface area contributed by atoms with Crippen molar-refractivity contribution in [3.8, 4) is 5.75 Å². The van der Waals surface area contributed by atoms with E-state index in [9.17, 15) is 18.0 Å². The zero-order chi connectivity index (χ0) is 23.3. The highest BCUT2D eigenvalue weighted by Crippen LogP contribution is 2.31. The van der Waals surface area contributed by atoms with Crippen LogP contribution in [0.2, 0.25) is 0 Å². The number of nitrogens with one attached hydrogen (secondary N) is 1. The van der Waals surface area contributed by atoms with Gasteiger partial charge in [0.1, 0.15) is 5.75 Å². The van der Waals surface area contributed by atoms with Crippen molar-refractivity contribution in [3.63, 3.8) is 0 Å². The summed E-state index contributed by atoms with van der Waals surface area (Å²) in [5.74, 6) is 0.454. The van der Waals surface area contributed by atoms with Crippen LogP contribution in [0.15, 0.2) is 54.6 Å². The maximum Gasteiger partial charge on any atom is 0.573 e. The summed E-state index contributed by atoms with van der Waals surface area (Å²) < 4.78 is 40.9. The molecule has 4 rings (SSSR count). The summed E-state index contributed by atoms with van der Waals surface area (Å²) in [7, 11) is 0. The van der Waals surface area contributed by atoms with Crippen LogP contribution in [0.3, 0.4) is 0 Å². The van der Waals surface area contributed by atoms with Gasteiger partial charge in [-0.2, -0.15) is 0 Å². The van der Waals surface area contributed by atoms with Crippen LogP contribution in [0.5, 0.6) is 5.75 Å². The third-order valence-corrected chi connectivity index (χ3v) is 6.93. The standard InChI is InChI=1S/C26H31F3N2O2/c27-26(28,29)33-23-13-11-22(12-14-23)31-17-15-21(16-18-31)25(32)30-24-8-4-7-20(24)10-9-19-5-2-1-3-6-19/h1-3,5-6,11-14,20-21,24H,4,7-10,15-18H2,(H,30,32)/t20-,24-/m0/s1. The second-order valence-corrected chi connectivity index (χ2v) is 9.13. The molecule has 33 heavy (non-hydrogen) atoms. The molecule has 1 heterocycles. The fourth-order valence-electron chi connectivity index (χ4n) is 5.13. The maximum atomic E-state index is 12.9. The minimum absolute atomic E-state index is 0.00976. The van der Waals surface area contributed by atoms with Gasteiger partial charge >= 0.3 is 6.36 Å². The van der Waals surface area contributed by atoms with E-state index in [1.165, 1.54) is 24.1 Å². The molecule has 1 aliphatic carbocycles. The van der Waals surface area contributed by atoms with Gasteiger partial charge in [-0.3, -0.25) is 4.79 Å². The first-order valence-electron chi connectivity index (χ1n) is 11.8. The molecular formula is C26H31F3N2O2. The van der Waals surface area contributed by atoms with Crippen molar-refractivity contribution in [2.75, 3.05) is 18.0 Å². The van der Waals surface area contributed by atoms with Crippen molar-refractivity contribution in [3.05, 3.63) is 60.2 Å². The van der Waals surface area contributed by atoms with E-state index < -0.39 is 6.36 Å². The largest absolute Gasteiger partial charge is 0.573 e. The third kappa shape index (κ3) is 6.65. The van der Waals surface area contributed by atoms with Crippen molar-refractivity contribution in [2.45, 2.75) is 57.3 Å². The van der Waals surface area contributed by atoms with Gasteiger partial charge in [0.25, 0.3) is 0 Å². The summed E-state index contributed by atoms with van der Waals surface area (Å²) in [5.41, 5.74) is 2.19. The molecule has 0 bridgehead atoms. The lowest BCUT2D eigenvalue weighted by molar-refractivity contribution is -0.274. The molecule has 1 saturated heterocycles. The molecule has 2 aliphatic rings. The Morgan fingerprint density at radius 1 is 0.970 bits per heavy atom. The smallest absolute Gasteiger partial charge is 0.406 e. The second-order valence-electron chi connectivity index (χ2n) is 9.13. The molecule has 1 N–H and O–H groups in total. The Bertz CT molecular complexity index is 894. The molecule has 1 amide bonds. The van der Waals surface area contributed by atoms with Crippen molar-refractivity contribution in [2.24, 2.45) is 11.8 Å². The SMILES string of the molecule is O=C(N[C@H]1CCC[C@H]1CCc1ccccc1)C1CCN(c2ccc(OC(F)(F)F)cc2)CC1. The molecule has 1 saturated carbocycles. The Morgan fingerprint density at radius 2 is 1.67 bits per heavy atom. The van der Waals surface area contributed by atoms with E-state index in [2.05, 4.69) is 39.2 Å². The summed E-state index contributed by atoms with van der Waals surface area (Å²) >= 11 is 0. The number of carbonyl (C=O) groups excluding carboxylic acids is 1. The van der Waals surface area contributed by atoms with E-state index in [-0.39, 0.29) is 23.6 Å². The van der Waals surface area contributed by atoms with Gasteiger partial charge in [-0.15, -0.1) is 13.2 Å². The molecule has 178 valence electrons. The van der Waals surface area contributed by atoms with Crippen LogP contribution in [0.25, 0.3) is 0 Å². The first-order chi connectivity index (χ1) is 15.9. The number of aryl methyl sites for hydroxylation is 1. The third-order valence-electron chi connectivity index (χ3n) is 6.93. The number of amides is 1. The minimum atomic E-state index is -4.69. The van der Waals surface area contributed by atoms with E-state index in [0.29, 0.717) is 19.0 Å². The number of rotatable bonds is 7. The summed E-state index contributed by atoms with van der Waals surface area (Å²) in [6.07, 6.45) is 2.33. The first kappa shape index (κ1) is 23.5. The van der Waals surface area contributed by atoms with Gasteiger partial charge in [0, 0.05) is 30.7 Å². The minimum Gasteiger partial charge on any atom is -0.406 e. The normalized spacial score (nSPS) is 21.7. The molecule has 0 aromatic heterocycles. The molecule has 2 atom stereocenters. The zero-order valence-electron chi connectivity index (χ0n) is 18.7. The number of carbonyl (C=O) groups is 1. The van der Waals surface area contributed by atoms with E-state index >= 15 is 0 Å². The van der Waals surface area contributed by atoms with Gasteiger partial charge in [-0.1, -0.05) is 36.8 Å². The highest BCUT2D eigenvalue weighted by atomic mass is 19.4. The van der Waals surface area contributed by atoms with Crippen LogP contribution in [-0.2, 0) is 11.2 Å². The number of nitrogens with zero attached hydrogens (tertiary/aromatic N) is 1. The molecular weight excluding hydrogens is 429 g/mol. The van der Waals surface area contributed by atoms with Gasteiger partial charge < -0.3 is 15.0 Å². The fraction of sp³-hybridized carbons (Fsp3) is 0.500. The van der Waals surface area contributed by atoms with Crippen LogP contribution in [0.1, 0.15) is 44.1 Å². The highest BCUT2D eigenvalue weighted by Gasteiger charge is 2.33. The van der Waals surface area contributed by atoms with Crippen molar-refractivity contribution < 1.29 is 22.7 Å². The number of hydrogen-bond acceptors (Lipinski definition) is 3. The van der Waals surface area contributed by atoms with Gasteiger partial charge in [-0.25, -0.2) is 0 Å². The monoisotopic (exact) mass is 460 g/mol. The number of alkyl halides is 3. The van der Waals surface area contributed by atoms with Crippen LogP contribution >= 0.6 is 0 Å². The van der Waals surface area contributed by atoms with Crippen molar-refractivity contribution >= 4 is 11.6 Å². The Kier molecular flexibility index (Phi) is 7.46. The number of hydrogen-bond donors (Lipinski definition) is 1. The van der Waals surface area contributed by atoms with E-state index in [1.807, 2.05) is 6.07 Å². The van der Waals surface area contributed by atoms with E-state index in [4.69, 9.17) is 0 Å². The molecule has 2 fully saturated rings. The van der Waals surface area contributed by atoms with Gasteiger partial charge in [0.2, 0.25) is 5.91 Å². The van der Waals surface area contributed by atoms with Crippen LogP contribution in [0.4, 0.5) is 18.9 Å². The Balaban J connectivity index is 1.23. The topological polar surface area (TPSA) is 41.6 Å². The van der Waals surface area contributed by atoms with Gasteiger partial charge in [0.05, 0.1) is 0 Å². The predicted octanol–water partition coefficient (Wildman–Crippen LogP) is 5.72. The first-order valence-corrected chi connectivity index (χ1v) is 11.8. The van der Waals surface area contributed by atoms with E-state index in [0.717, 1.165) is 44.2 Å². The summed E-state index contributed by atoms with van der Waals surface area (Å²) in [6, 6.07) is 16.7. The molecule has 0 radical (unpaired) electrons. The Labute approximate surface area is 193 Å². The van der Waals surface area contributed by atoms with Crippen LogP contribution < -0.4 is 15.0 Å². The number of piperidine rings is 1. The fourth-order valence-corrected chi connectivity index (χ4v) is 5.13. The summed E-state index contributed by atoms with van der Waals surface area (Å²) in [5, 5.41) is 3.34. The van der Waals surface area contributed by atoms with Crippen molar-refractivity contribution in [1.82, 2.24) is 5.32 Å². The quantitative estimate of drug-likeness (QED) is 0.575. The number of anilines is 1. The maximum absolute atomic E-state index is 12.9. The van der Waals surface area contributed by atoms with Gasteiger partial charge in [0.15, 0.2) is 0 Å². The molecule has 0 unspecified atom stereocenters. The number of ether oxygens (including phenoxy) is 1. The Hall–Kier alpha value is -2.70. The lowest BCUT2D eigenvalue weighted by Gasteiger charge is -2.34. The molecule has 2 aromatic carbocycles. The number of benzene rings is 2. The lowest BCUT2D eigenvalue weighted by atomic mass is 9.92. The molecule has 2 aromatic rings. The average molecular weight is 461 g/mol. The van der Waals surface area contributed by atoms with Crippen LogP contribution in [0, 0.1) is 11.8 Å².